The molecule has 1 aliphatic rings. The fourth-order valence-electron chi connectivity index (χ4n) is 2.42. The molecule has 0 unspecified atom stereocenters. The first-order valence-corrected chi connectivity index (χ1v) is 7.98. The molecule has 0 bridgehead atoms. The lowest BCUT2D eigenvalue weighted by Gasteiger charge is -2.20. The number of hydrogen-bond donors (Lipinski definition) is 1. The number of aryl methyl sites for hydroxylation is 2. The summed E-state index contributed by atoms with van der Waals surface area (Å²) in [7, 11) is 0. The molecule has 0 amide bonds. The number of aromatic nitrogens is 1. The van der Waals surface area contributed by atoms with Crippen molar-refractivity contribution in [2.75, 3.05) is 26.2 Å². The second-order valence-corrected chi connectivity index (χ2v) is 6.21. The van der Waals surface area contributed by atoms with Crippen molar-refractivity contribution in [3.63, 3.8) is 0 Å². The lowest BCUT2D eigenvalue weighted by atomic mass is 10.3. The number of nitrogens with zero attached hydrogens (tertiary/aromatic N) is 3. The lowest BCUT2D eigenvalue weighted by Crippen LogP contribution is -2.39. The third-order valence-corrected chi connectivity index (χ3v) is 4.47. The van der Waals surface area contributed by atoms with Crippen LogP contribution in [0.25, 0.3) is 0 Å². The Labute approximate surface area is 143 Å². The van der Waals surface area contributed by atoms with Crippen LogP contribution in [-0.2, 0) is 6.42 Å². The Morgan fingerprint density at radius 3 is 2.60 bits per heavy atom. The second-order valence-electron chi connectivity index (χ2n) is 4.92. The average Bonchev–Trinajstić information content (AvgIpc) is 2.99. The van der Waals surface area contributed by atoms with Crippen LogP contribution < -0.4 is 5.32 Å². The van der Waals surface area contributed by atoms with E-state index in [1.54, 1.807) is 11.3 Å². The summed E-state index contributed by atoms with van der Waals surface area (Å²) in [5, 5.41) is 4.55. The van der Waals surface area contributed by atoms with E-state index in [4.69, 9.17) is 4.99 Å². The van der Waals surface area contributed by atoms with Crippen molar-refractivity contribution < 1.29 is 0 Å². The van der Waals surface area contributed by atoms with Crippen molar-refractivity contribution in [2.24, 2.45) is 4.99 Å². The van der Waals surface area contributed by atoms with Gasteiger partial charge in [0.2, 0.25) is 0 Å². The SMILES string of the molecule is CCNC(=NCCc1sc(C)nc1C)N1CCCC1.I. The fourth-order valence-corrected chi connectivity index (χ4v) is 3.35. The molecule has 1 aromatic heterocycles. The standard InChI is InChI=1S/C14H24N4S.HI/c1-4-15-14(18-9-5-6-10-18)16-8-7-13-11(2)17-12(3)19-13;/h4-10H2,1-3H3,(H,15,16);1H. The molecule has 0 aliphatic carbocycles. The maximum Gasteiger partial charge on any atom is 0.193 e. The third-order valence-electron chi connectivity index (χ3n) is 3.34. The summed E-state index contributed by atoms with van der Waals surface area (Å²) in [5.74, 6) is 1.08. The van der Waals surface area contributed by atoms with Crippen LogP contribution in [0.2, 0.25) is 0 Å². The Kier molecular flexibility index (Phi) is 7.79. The van der Waals surface area contributed by atoms with E-state index in [9.17, 15) is 0 Å². The normalized spacial score (nSPS) is 15.3. The van der Waals surface area contributed by atoms with Crippen molar-refractivity contribution >= 4 is 41.3 Å². The van der Waals surface area contributed by atoms with Crippen molar-refractivity contribution in [1.29, 1.82) is 0 Å². The number of nitrogens with one attached hydrogen (secondary N) is 1. The molecule has 0 saturated carbocycles. The molecule has 4 nitrogen and oxygen atoms in total. The average molecular weight is 408 g/mol. The predicted molar refractivity (Wildman–Crippen MR) is 97.5 cm³/mol. The highest BCUT2D eigenvalue weighted by atomic mass is 127. The summed E-state index contributed by atoms with van der Waals surface area (Å²) in [5.41, 5.74) is 1.17. The van der Waals surface area contributed by atoms with Gasteiger partial charge >= 0.3 is 0 Å². The summed E-state index contributed by atoms with van der Waals surface area (Å²) >= 11 is 1.80. The molecule has 0 aromatic carbocycles. The third kappa shape index (κ3) is 4.87. The van der Waals surface area contributed by atoms with Gasteiger partial charge < -0.3 is 10.2 Å². The Hall–Kier alpha value is -0.370. The lowest BCUT2D eigenvalue weighted by molar-refractivity contribution is 0.494. The summed E-state index contributed by atoms with van der Waals surface area (Å²) in [6.45, 7) is 10.4. The van der Waals surface area contributed by atoms with Gasteiger partial charge in [0.1, 0.15) is 0 Å². The van der Waals surface area contributed by atoms with Gasteiger partial charge in [-0.3, -0.25) is 4.99 Å². The first kappa shape index (κ1) is 17.7. The van der Waals surface area contributed by atoms with Gasteiger partial charge in [-0.15, -0.1) is 35.3 Å². The molecule has 1 N–H and O–H groups in total. The highest BCUT2D eigenvalue weighted by Crippen LogP contribution is 2.17. The largest absolute Gasteiger partial charge is 0.357 e. The molecule has 1 aliphatic heterocycles. The fraction of sp³-hybridized carbons (Fsp3) is 0.714. The van der Waals surface area contributed by atoms with E-state index >= 15 is 0 Å². The van der Waals surface area contributed by atoms with Gasteiger partial charge in [-0.2, -0.15) is 0 Å². The monoisotopic (exact) mass is 408 g/mol. The van der Waals surface area contributed by atoms with Gasteiger partial charge in [-0.25, -0.2) is 4.98 Å². The Bertz CT molecular complexity index is 438. The van der Waals surface area contributed by atoms with Gasteiger partial charge in [0.25, 0.3) is 0 Å². The highest BCUT2D eigenvalue weighted by Gasteiger charge is 2.15. The van der Waals surface area contributed by atoms with Crippen LogP contribution in [0.4, 0.5) is 0 Å². The van der Waals surface area contributed by atoms with Gasteiger partial charge in [0.15, 0.2) is 5.96 Å². The quantitative estimate of drug-likeness (QED) is 0.473. The molecule has 0 radical (unpaired) electrons. The maximum absolute atomic E-state index is 4.75. The van der Waals surface area contributed by atoms with E-state index in [-0.39, 0.29) is 24.0 Å². The molecule has 2 rings (SSSR count). The van der Waals surface area contributed by atoms with Crippen LogP contribution in [-0.4, -0.2) is 42.0 Å². The van der Waals surface area contributed by atoms with Gasteiger partial charge in [0, 0.05) is 37.5 Å². The van der Waals surface area contributed by atoms with Crippen LogP contribution in [0.3, 0.4) is 0 Å². The smallest absolute Gasteiger partial charge is 0.193 e. The zero-order valence-corrected chi connectivity index (χ0v) is 15.8. The number of thiazole rings is 1. The van der Waals surface area contributed by atoms with Gasteiger partial charge in [-0.05, 0) is 33.6 Å². The summed E-state index contributed by atoms with van der Waals surface area (Å²) in [6.07, 6.45) is 3.58. The van der Waals surface area contributed by atoms with E-state index in [0.29, 0.717) is 0 Å². The zero-order chi connectivity index (χ0) is 13.7. The van der Waals surface area contributed by atoms with E-state index in [0.717, 1.165) is 43.6 Å². The van der Waals surface area contributed by atoms with E-state index in [1.165, 1.54) is 23.4 Å². The number of guanidine groups is 1. The molecule has 1 saturated heterocycles. The topological polar surface area (TPSA) is 40.5 Å². The number of halogens is 1. The minimum absolute atomic E-state index is 0. The van der Waals surface area contributed by atoms with Crippen LogP contribution in [0.15, 0.2) is 4.99 Å². The first-order chi connectivity index (χ1) is 9.20. The highest BCUT2D eigenvalue weighted by molar-refractivity contribution is 14.0. The summed E-state index contributed by atoms with van der Waals surface area (Å²) in [6, 6.07) is 0. The number of aliphatic imine (C=N–C) groups is 1. The second kappa shape index (κ2) is 8.81. The Morgan fingerprint density at radius 1 is 1.35 bits per heavy atom. The molecular weight excluding hydrogens is 383 g/mol. The zero-order valence-electron chi connectivity index (χ0n) is 12.6. The Morgan fingerprint density at radius 2 is 2.05 bits per heavy atom. The van der Waals surface area contributed by atoms with Gasteiger partial charge in [0.05, 0.1) is 10.7 Å². The van der Waals surface area contributed by atoms with Crippen LogP contribution in [0.1, 0.15) is 35.3 Å². The molecule has 114 valence electrons. The molecule has 0 spiro atoms. The van der Waals surface area contributed by atoms with Crippen molar-refractivity contribution in [3.05, 3.63) is 15.6 Å². The van der Waals surface area contributed by atoms with Crippen molar-refractivity contribution in [3.8, 4) is 0 Å². The number of likely N-dealkylation sites (tertiary alicyclic amines) is 1. The summed E-state index contributed by atoms with van der Waals surface area (Å²) in [4.78, 5) is 13.0. The minimum atomic E-state index is 0. The van der Waals surface area contributed by atoms with Crippen molar-refractivity contribution in [1.82, 2.24) is 15.2 Å². The molecule has 1 fully saturated rings. The van der Waals surface area contributed by atoms with Crippen LogP contribution in [0.5, 0.6) is 0 Å². The van der Waals surface area contributed by atoms with E-state index < -0.39 is 0 Å². The maximum atomic E-state index is 4.75. The predicted octanol–water partition coefficient (Wildman–Crippen LogP) is 2.98. The van der Waals surface area contributed by atoms with Crippen LogP contribution in [0, 0.1) is 13.8 Å². The van der Waals surface area contributed by atoms with Crippen LogP contribution >= 0.6 is 35.3 Å². The summed E-state index contributed by atoms with van der Waals surface area (Å²) < 4.78 is 0. The molecule has 2 heterocycles. The van der Waals surface area contributed by atoms with Gasteiger partial charge in [-0.1, -0.05) is 0 Å². The minimum Gasteiger partial charge on any atom is -0.357 e. The van der Waals surface area contributed by atoms with E-state index in [1.807, 2.05) is 0 Å². The number of hydrogen-bond acceptors (Lipinski definition) is 3. The Balaban J connectivity index is 0.00000200. The molecular formula is C14H25IN4S. The van der Waals surface area contributed by atoms with E-state index in [2.05, 4.69) is 36.0 Å². The van der Waals surface area contributed by atoms with Crippen molar-refractivity contribution in [2.45, 2.75) is 40.0 Å². The number of rotatable bonds is 4. The molecule has 1 aromatic rings. The molecule has 20 heavy (non-hydrogen) atoms. The molecule has 0 atom stereocenters. The molecule has 6 heteroatoms. The first-order valence-electron chi connectivity index (χ1n) is 7.17.